The van der Waals surface area contributed by atoms with Crippen LogP contribution in [0.4, 0.5) is 14.5 Å². The number of methoxy groups -OCH3 is 1. The number of benzene rings is 2. The van der Waals surface area contributed by atoms with Crippen molar-refractivity contribution < 1.29 is 42.2 Å². The second kappa shape index (κ2) is 10.7. The monoisotopic (exact) mass is 453 g/mol. The van der Waals surface area contributed by atoms with E-state index in [2.05, 4.69) is 4.74 Å². The number of hydrogen-bond acceptors (Lipinski definition) is 8. The van der Waals surface area contributed by atoms with Gasteiger partial charge in [0.15, 0.2) is 11.5 Å². The fourth-order valence-corrected chi connectivity index (χ4v) is 3.10. The maximum absolute atomic E-state index is 12.5. The van der Waals surface area contributed by atoms with Crippen molar-refractivity contribution in [1.82, 2.24) is 0 Å². The van der Waals surface area contributed by atoms with Crippen molar-refractivity contribution >= 4 is 11.7 Å². The van der Waals surface area contributed by atoms with Gasteiger partial charge in [-0.3, -0.25) is 10.1 Å². The molecule has 0 radical (unpaired) electrons. The van der Waals surface area contributed by atoms with Gasteiger partial charge in [-0.05, 0) is 43.2 Å². The van der Waals surface area contributed by atoms with E-state index in [1.165, 1.54) is 19.2 Å². The Balaban J connectivity index is 1.64. The van der Waals surface area contributed by atoms with E-state index < -0.39 is 35.5 Å². The van der Waals surface area contributed by atoms with Gasteiger partial charge in [0, 0.05) is 6.61 Å². The highest BCUT2D eigenvalue weighted by molar-refractivity contribution is 5.89. The van der Waals surface area contributed by atoms with Gasteiger partial charge in [-0.1, -0.05) is 0 Å². The van der Waals surface area contributed by atoms with Crippen LogP contribution in [-0.4, -0.2) is 43.9 Å². The molecule has 1 saturated heterocycles. The fourth-order valence-electron chi connectivity index (χ4n) is 3.10. The second-order valence-corrected chi connectivity index (χ2v) is 6.81. The molecule has 0 aliphatic carbocycles. The number of carbonyl (C=O) groups is 1. The third-order valence-corrected chi connectivity index (χ3v) is 4.69. The molecule has 1 aliphatic heterocycles. The molecule has 2 aromatic rings. The summed E-state index contributed by atoms with van der Waals surface area (Å²) in [4.78, 5) is 22.9. The summed E-state index contributed by atoms with van der Waals surface area (Å²) in [6, 6.07) is 8.13. The number of hydrogen-bond donors (Lipinski definition) is 0. The number of nitrogens with zero attached hydrogens (tertiary/aromatic N) is 1. The van der Waals surface area contributed by atoms with E-state index >= 15 is 0 Å². The molecule has 32 heavy (non-hydrogen) atoms. The third kappa shape index (κ3) is 6.03. The quantitative estimate of drug-likeness (QED) is 0.300. The van der Waals surface area contributed by atoms with Gasteiger partial charge in [0.2, 0.25) is 0 Å². The van der Waals surface area contributed by atoms with Crippen molar-refractivity contribution in [3.05, 3.63) is 57.6 Å². The molecule has 0 N–H and O–H groups in total. The van der Waals surface area contributed by atoms with Gasteiger partial charge in [0.05, 0.1) is 35.3 Å². The van der Waals surface area contributed by atoms with Crippen molar-refractivity contribution in [2.75, 3.05) is 20.3 Å². The Morgan fingerprint density at radius 2 is 2.00 bits per heavy atom. The summed E-state index contributed by atoms with van der Waals surface area (Å²) in [5.74, 6) is -0.818. The predicted molar refractivity (Wildman–Crippen MR) is 106 cm³/mol. The first kappa shape index (κ1) is 23.2. The zero-order valence-corrected chi connectivity index (χ0v) is 17.1. The minimum Gasteiger partial charge on any atom is -0.493 e. The standard InChI is InChI=1S/C21H21F2NO8/c1-28-18-9-14(17(24(26)27)10-19(18)32-21(22)23)11-31-20(25)13-4-6-15(7-5-13)30-12-16-3-2-8-29-16/h4-7,9-10,16,21H,2-3,8,11-12H2,1H3. The average Bonchev–Trinajstić information content (AvgIpc) is 3.30. The lowest BCUT2D eigenvalue weighted by molar-refractivity contribution is -0.386. The summed E-state index contributed by atoms with van der Waals surface area (Å²) in [6.07, 6.45) is 2.01. The SMILES string of the molecule is COc1cc(COC(=O)c2ccc(OCC3CCCO3)cc2)c([N+](=O)[O-])cc1OC(F)F. The summed E-state index contributed by atoms with van der Waals surface area (Å²) < 4.78 is 50.5. The van der Waals surface area contributed by atoms with E-state index in [-0.39, 0.29) is 23.0 Å². The maximum atomic E-state index is 12.5. The summed E-state index contributed by atoms with van der Waals surface area (Å²) >= 11 is 0. The Kier molecular flexibility index (Phi) is 7.77. The minimum absolute atomic E-state index is 0.0432. The van der Waals surface area contributed by atoms with Crippen molar-refractivity contribution in [3.8, 4) is 17.2 Å². The van der Waals surface area contributed by atoms with Crippen molar-refractivity contribution in [2.45, 2.75) is 32.2 Å². The second-order valence-electron chi connectivity index (χ2n) is 6.81. The number of alkyl halides is 2. The van der Waals surface area contributed by atoms with Crippen molar-refractivity contribution in [2.24, 2.45) is 0 Å². The van der Waals surface area contributed by atoms with Crippen LogP contribution < -0.4 is 14.2 Å². The molecule has 2 aromatic carbocycles. The molecule has 9 nitrogen and oxygen atoms in total. The van der Waals surface area contributed by atoms with Gasteiger partial charge in [-0.25, -0.2) is 4.79 Å². The highest BCUT2D eigenvalue weighted by atomic mass is 19.3. The summed E-state index contributed by atoms with van der Waals surface area (Å²) in [7, 11) is 1.19. The molecule has 1 aliphatic rings. The number of esters is 1. The third-order valence-electron chi connectivity index (χ3n) is 4.69. The lowest BCUT2D eigenvalue weighted by atomic mass is 10.1. The van der Waals surface area contributed by atoms with Gasteiger partial charge in [0.1, 0.15) is 19.0 Å². The molecular weight excluding hydrogens is 432 g/mol. The maximum Gasteiger partial charge on any atom is 0.387 e. The summed E-state index contributed by atoms with van der Waals surface area (Å²) in [5.41, 5.74) is -0.382. The zero-order chi connectivity index (χ0) is 23.1. The molecule has 0 saturated carbocycles. The molecule has 11 heteroatoms. The Morgan fingerprint density at radius 1 is 1.25 bits per heavy atom. The molecule has 0 bridgehead atoms. The molecule has 1 fully saturated rings. The number of nitro groups is 1. The van der Waals surface area contributed by atoms with Gasteiger partial charge in [-0.2, -0.15) is 8.78 Å². The van der Waals surface area contributed by atoms with Crippen LogP contribution in [0.3, 0.4) is 0 Å². The van der Waals surface area contributed by atoms with E-state index in [1.54, 1.807) is 12.1 Å². The van der Waals surface area contributed by atoms with Gasteiger partial charge in [0.25, 0.3) is 5.69 Å². The van der Waals surface area contributed by atoms with Crippen molar-refractivity contribution in [1.29, 1.82) is 0 Å². The van der Waals surface area contributed by atoms with Crippen LogP contribution >= 0.6 is 0 Å². The van der Waals surface area contributed by atoms with Crippen LogP contribution in [0.2, 0.25) is 0 Å². The molecule has 1 heterocycles. The number of ether oxygens (including phenoxy) is 5. The van der Waals surface area contributed by atoms with Crippen LogP contribution in [0.5, 0.6) is 17.2 Å². The first-order chi connectivity index (χ1) is 15.4. The van der Waals surface area contributed by atoms with Gasteiger partial charge in [-0.15, -0.1) is 0 Å². The average molecular weight is 453 g/mol. The number of rotatable bonds is 10. The molecule has 1 unspecified atom stereocenters. The largest absolute Gasteiger partial charge is 0.493 e. The summed E-state index contributed by atoms with van der Waals surface area (Å²) in [6.45, 7) is -2.52. The van der Waals surface area contributed by atoms with Crippen LogP contribution in [0, 0.1) is 10.1 Å². The Hall–Kier alpha value is -3.47. The van der Waals surface area contributed by atoms with E-state index in [9.17, 15) is 23.7 Å². The molecule has 3 rings (SSSR count). The lowest BCUT2D eigenvalue weighted by Gasteiger charge is -2.13. The fraction of sp³-hybridized carbons (Fsp3) is 0.381. The Morgan fingerprint density at radius 3 is 2.59 bits per heavy atom. The van der Waals surface area contributed by atoms with Crippen molar-refractivity contribution in [3.63, 3.8) is 0 Å². The molecule has 172 valence electrons. The normalized spacial score (nSPS) is 15.4. The number of carbonyl (C=O) groups excluding carboxylic acids is 1. The zero-order valence-electron chi connectivity index (χ0n) is 17.1. The lowest BCUT2D eigenvalue weighted by Crippen LogP contribution is -2.16. The topological polar surface area (TPSA) is 106 Å². The Labute approximate surface area is 181 Å². The van der Waals surface area contributed by atoms with Gasteiger partial charge < -0.3 is 23.7 Å². The number of nitro benzene ring substituents is 1. The van der Waals surface area contributed by atoms with E-state index in [4.69, 9.17) is 18.9 Å². The predicted octanol–water partition coefficient (Wildman–Crippen LogP) is 4.12. The van der Waals surface area contributed by atoms with E-state index in [0.717, 1.165) is 31.6 Å². The smallest absolute Gasteiger partial charge is 0.387 e. The van der Waals surface area contributed by atoms with Gasteiger partial charge >= 0.3 is 12.6 Å². The molecule has 0 spiro atoms. The molecular formula is C21H21F2NO8. The van der Waals surface area contributed by atoms with Crippen LogP contribution in [0.25, 0.3) is 0 Å². The highest BCUT2D eigenvalue weighted by Crippen LogP contribution is 2.36. The van der Waals surface area contributed by atoms with Crippen LogP contribution in [0.1, 0.15) is 28.8 Å². The first-order valence-corrected chi connectivity index (χ1v) is 9.69. The molecule has 1 atom stereocenters. The molecule has 0 amide bonds. The van der Waals surface area contributed by atoms with Crippen LogP contribution in [-0.2, 0) is 16.1 Å². The molecule has 0 aromatic heterocycles. The van der Waals surface area contributed by atoms with Crippen LogP contribution in [0.15, 0.2) is 36.4 Å². The summed E-state index contributed by atoms with van der Waals surface area (Å²) in [5, 5.41) is 11.3. The number of halogens is 2. The van der Waals surface area contributed by atoms with E-state index in [1.807, 2.05) is 0 Å². The highest BCUT2D eigenvalue weighted by Gasteiger charge is 2.23. The van der Waals surface area contributed by atoms with E-state index in [0.29, 0.717) is 12.4 Å². The first-order valence-electron chi connectivity index (χ1n) is 9.69. The minimum atomic E-state index is -3.19. The Bertz CT molecular complexity index is 946.